The van der Waals surface area contributed by atoms with Gasteiger partial charge in [0.1, 0.15) is 5.82 Å². The summed E-state index contributed by atoms with van der Waals surface area (Å²) in [7, 11) is 0. The Balaban J connectivity index is 1.37. The molecule has 2 N–H and O–H groups in total. The number of carbonyl (C=O) groups excluding carboxylic acids is 1. The molecule has 2 aliphatic rings. The number of amides is 1. The second-order valence-corrected chi connectivity index (χ2v) is 10.9. The number of rotatable bonds is 4. The summed E-state index contributed by atoms with van der Waals surface area (Å²) in [6, 6.07) is 4.21. The Morgan fingerprint density at radius 1 is 1.10 bits per heavy atom. The Kier molecular flexibility index (Phi) is 5.70. The van der Waals surface area contributed by atoms with E-state index in [0.29, 0.717) is 0 Å². The molecule has 1 amide bonds. The fourth-order valence-corrected chi connectivity index (χ4v) is 5.44. The number of hydrogen-bond acceptors (Lipinski definition) is 6. The lowest BCUT2D eigenvalue weighted by atomic mass is 9.79. The van der Waals surface area contributed by atoms with Crippen molar-refractivity contribution in [2.75, 3.05) is 18.0 Å². The van der Waals surface area contributed by atoms with Crippen molar-refractivity contribution in [1.82, 2.24) is 30.4 Å². The Morgan fingerprint density at radius 2 is 1.74 bits per heavy atom. The molecule has 4 rings (SSSR count). The molecule has 0 radical (unpaired) electrons. The maximum absolute atomic E-state index is 13.0. The van der Waals surface area contributed by atoms with Crippen LogP contribution in [0.3, 0.4) is 0 Å². The van der Waals surface area contributed by atoms with Crippen LogP contribution in [-0.4, -0.2) is 55.9 Å². The highest BCUT2D eigenvalue weighted by atomic mass is 16.2. The van der Waals surface area contributed by atoms with Crippen LogP contribution in [0.2, 0.25) is 0 Å². The highest BCUT2D eigenvalue weighted by molar-refractivity contribution is 5.79. The summed E-state index contributed by atoms with van der Waals surface area (Å²) >= 11 is 0. The van der Waals surface area contributed by atoms with Gasteiger partial charge in [0.2, 0.25) is 5.91 Å². The van der Waals surface area contributed by atoms with Crippen LogP contribution in [0.4, 0.5) is 5.82 Å². The van der Waals surface area contributed by atoms with Gasteiger partial charge in [0.15, 0.2) is 11.5 Å². The molecule has 2 aliphatic heterocycles. The van der Waals surface area contributed by atoms with E-state index in [9.17, 15) is 4.79 Å². The van der Waals surface area contributed by atoms with Gasteiger partial charge in [0.25, 0.3) is 0 Å². The zero-order valence-corrected chi connectivity index (χ0v) is 19.8. The Hall–Kier alpha value is -2.22. The lowest BCUT2D eigenvalue weighted by Gasteiger charge is -2.47. The van der Waals surface area contributed by atoms with Gasteiger partial charge in [-0.3, -0.25) is 4.79 Å². The molecule has 31 heavy (non-hydrogen) atoms. The van der Waals surface area contributed by atoms with Crippen LogP contribution in [0.25, 0.3) is 5.65 Å². The zero-order valence-electron chi connectivity index (χ0n) is 19.8. The first-order valence-corrected chi connectivity index (χ1v) is 11.6. The van der Waals surface area contributed by atoms with Gasteiger partial charge in [0.05, 0.1) is 0 Å². The fraction of sp³-hybridized carbons (Fsp3) is 0.739. The number of carbonyl (C=O) groups is 1. The third-order valence-corrected chi connectivity index (χ3v) is 6.52. The predicted molar refractivity (Wildman–Crippen MR) is 122 cm³/mol. The molecule has 2 aromatic heterocycles. The minimum atomic E-state index is 0.0321. The maximum Gasteiger partial charge on any atom is 0.223 e. The predicted octanol–water partition coefficient (Wildman–Crippen LogP) is 2.89. The summed E-state index contributed by atoms with van der Waals surface area (Å²) in [6.07, 6.45) is 3.62. The van der Waals surface area contributed by atoms with Crippen LogP contribution in [0, 0.1) is 5.92 Å². The van der Waals surface area contributed by atoms with E-state index in [4.69, 9.17) is 5.10 Å². The van der Waals surface area contributed by atoms with Crippen LogP contribution in [0.15, 0.2) is 12.1 Å². The van der Waals surface area contributed by atoms with Gasteiger partial charge < -0.3 is 15.5 Å². The summed E-state index contributed by atoms with van der Waals surface area (Å²) in [5.74, 6) is 2.34. The van der Waals surface area contributed by atoms with Crippen LogP contribution >= 0.6 is 0 Å². The zero-order chi connectivity index (χ0) is 22.4. The molecule has 170 valence electrons. The second kappa shape index (κ2) is 8.04. The van der Waals surface area contributed by atoms with E-state index >= 15 is 0 Å². The van der Waals surface area contributed by atoms with Crippen molar-refractivity contribution in [2.24, 2.45) is 5.92 Å². The molecule has 8 heteroatoms. The van der Waals surface area contributed by atoms with Crippen LogP contribution in [0.5, 0.6) is 0 Å². The van der Waals surface area contributed by atoms with E-state index in [1.807, 2.05) is 16.6 Å². The van der Waals surface area contributed by atoms with Gasteiger partial charge in [0, 0.05) is 42.0 Å². The van der Waals surface area contributed by atoms with Crippen molar-refractivity contribution in [1.29, 1.82) is 0 Å². The molecule has 2 aromatic rings. The lowest BCUT2D eigenvalue weighted by molar-refractivity contribution is -0.126. The maximum atomic E-state index is 13.0. The molecule has 2 saturated heterocycles. The summed E-state index contributed by atoms with van der Waals surface area (Å²) < 4.78 is 1.85. The fourth-order valence-electron chi connectivity index (χ4n) is 5.44. The molecule has 0 aliphatic carbocycles. The van der Waals surface area contributed by atoms with Crippen molar-refractivity contribution in [3.05, 3.63) is 18.0 Å². The van der Waals surface area contributed by atoms with E-state index in [0.717, 1.165) is 56.1 Å². The minimum Gasteiger partial charge on any atom is -0.355 e. The van der Waals surface area contributed by atoms with Gasteiger partial charge >= 0.3 is 0 Å². The molecule has 0 bridgehead atoms. The molecule has 0 aromatic carbocycles. The van der Waals surface area contributed by atoms with E-state index < -0.39 is 0 Å². The van der Waals surface area contributed by atoms with E-state index in [-0.39, 0.29) is 34.9 Å². The first-order chi connectivity index (χ1) is 14.5. The molecule has 4 heterocycles. The molecule has 8 nitrogen and oxygen atoms in total. The molecule has 0 spiro atoms. The van der Waals surface area contributed by atoms with Gasteiger partial charge in [-0.25, -0.2) is 0 Å². The third kappa shape index (κ3) is 4.84. The Morgan fingerprint density at radius 3 is 2.35 bits per heavy atom. The smallest absolute Gasteiger partial charge is 0.223 e. The standard InChI is InChI=1S/C23H37N7O/c1-15(2)20-26-25-18-7-8-19(27-30(18)20)29-11-9-16(10-12-29)21(31)24-17-13-22(3,4)28-23(5,6)14-17/h7-8,15-17,28H,9-14H2,1-6H3,(H,24,31). The molecule has 0 atom stereocenters. The quantitative estimate of drug-likeness (QED) is 0.780. The molecule has 2 fully saturated rings. The highest BCUT2D eigenvalue weighted by Crippen LogP contribution is 2.29. The van der Waals surface area contributed by atoms with Crippen molar-refractivity contribution in [3.63, 3.8) is 0 Å². The number of aromatic nitrogens is 4. The average molecular weight is 428 g/mol. The van der Waals surface area contributed by atoms with Gasteiger partial charge in [-0.1, -0.05) is 13.8 Å². The SMILES string of the molecule is CC(C)c1nnc2ccc(N3CCC(C(=O)NC4CC(C)(C)NC(C)(C)C4)CC3)nn12. The minimum absolute atomic E-state index is 0.0321. The van der Waals surface area contributed by atoms with Crippen molar-refractivity contribution in [2.45, 2.75) is 90.3 Å². The first-order valence-electron chi connectivity index (χ1n) is 11.6. The number of nitrogens with one attached hydrogen (secondary N) is 2. The van der Waals surface area contributed by atoms with Crippen molar-refractivity contribution >= 4 is 17.4 Å². The Bertz CT molecular complexity index is 925. The van der Waals surface area contributed by atoms with Gasteiger partial charge in [-0.15, -0.1) is 15.3 Å². The van der Waals surface area contributed by atoms with Gasteiger partial charge in [-0.05, 0) is 65.5 Å². The van der Waals surface area contributed by atoms with Crippen LogP contribution < -0.4 is 15.5 Å². The summed E-state index contributed by atoms with van der Waals surface area (Å²) in [6.45, 7) is 14.7. The van der Waals surface area contributed by atoms with Crippen molar-refractivity contribution < 1.29 is 4.79 Å². The second-order valence-electron chi connectivity index (χ2n) is 10.9. The molecular weight excluding hydrogens is 390 g/mol. The number of anilines is 1. The summed E-state index contributed by atoms with van der Waals surface area (Å²) in [5.41, 5.74) is 0.837. The number of fused-ring (bicyclic) bond motifs is 1. The van der Waals surface area contributed by atoms with Crippen LogP contribution in [-0.2, 0) is 4.79 Å². The van der Waals surface area contributed by atoms with Crippen molar-refractivity contribution in [3.8, 4) is 0 Å². The van der Waals surface area contributed by atoms with Gasteiger partial charge in [-0.2, -0.15) is 4.52 Å². The Labute approximate surface area is 185 Å². The molecule has 0 unspecified atom stereocenters. The van der Waals surface area contributed by atoms with E-state index in [1.165, 1.54) is 0 Å². The topological polar surface area (TPSA) is 87.5 Å². The third-order valence-electron chi connectivity index (χ3n) is 6.52. The molecule has 0 saturated carbocycles. The van der Waals surface area contributed by atoms with E-state index in [1.54, 1.807) is 0 Å². The highest BCUT2D eigenvalue weighted by Gasteiger charge is 2.39. The average Bonchev–Trinajstić information content (AvgIpc) is 3.09. The lowest BCUT2D eigenvalue weighted by Crippen LogP contribution is -2.62. The van der Waals surface area contributed by atoms with Crippen LogP contribution in [0.1, 0.15) is 79.0 Å². The normalized spacial score (nSPS) is 22.2. The molecular formula is C23H37N7O. The number of nitrogens with zero attached hydrogens (tertiary/aromatic N) is 5. The van der Waals surface area contributed by atoms with E-state index in [2.05, 4.69) is 67.3 Å². The number of piperidine rings is 2. The number of hydrogen-bond donors (Lipinski definition) is 2. The monoisotopic (exact) mass is 427 g/mol. The summed E-state index contributed by atoms with van der Waals surface area (Å²) in [4.78, 5) is 15.3. The first kappa shape index (κ1) is 22.0. The largest absolute Gasteiger partial charge is 0.355 e. The summed E-state index contributed by atoms with van der Waals surface area (Å²) in [5, 5.41) is 20.3.